The minimum Gasteiger partial charge on any atom is -0.336 e. The quantitative estimate of drug-likeness (QED) is 0.854. The molecular weight excluding hydrogens is 374 g/mol. The average Bonchev–Trinajstić information content (AvgIpc) is 2.68. The van der Waals surface area contributed by atoms with Gasteiger partial charge in [0.25, 0.3) is 5.91 Å². The fourth-order valence-corrected chi connectivity index (χ4v) is 4.28. The van der Waals surface area contributed by atoms with E-state index in [2.05, 4.69) is 0 Å². The van der Waals surface area contributed by atoms with Gasteiger partial charge in [-0.2, -0.15) is 4.31 Å². The van der Waals surface area contributed by atoms with Gasteiger partial charge >= 0.3 is 0 Å². The molecule has 0 saturated carbocycles. The van der Waals surface area contributed by atoms with Crippen LogP contribution in [0.2, 0.25) is 0 Å². The van der Waals surface area contributed by atoms with E-state index in [0.717, 1.165) is 5.56 Å². The Morgan fingerprint density at radius 1 is 0.923 bits per heavy atom. The van der Waals surface area contributed by atoms with Crippen LogP contribution in [0, 0.1) is 0 Å². The van der Waals surface area contributed by atoms with Gasteiger partial charge in [0.2, 0.25) is 10.0 Å². The van der Waals surface area contributed by atoms with Crippen LogP contribution in [0.25, 0.3) is 0 Å². The minimum absolute atomic E-state index is 0. The van der Waals surface area contributed by atoms with E-state index in [9.17, 15) is 13.2 Å². The zero-order valence-corrected chi connectivity index (χ0v) is 15.9. The lowest BCUT2D eigenvalue weighted by Crippen LogP contribution is -2.50. The second-order valence-corrected chi connectivity index (χ2v) is 7.85. The monoisotopic (exact) mass is 395 g/mol. The van der Waals surface area contributed by atoms with E-state index in [0.29, 0.717) is 38.3 Å². The van der Waals surface area contributed by atoms with Gasteiger partial charge < -0.3 is 10.6 Å². The highest BCUT2D eigenvalue weighted by Crippen LogP contribution is 2.18. The topological polar surface area (TPSA) is 83.7 Å². The third-order valence-corrected chi connectivity index (χ3v) is 6.26. The summed E-state index contributed by atoms with van der Waals surface area (Å²) < 4.78 is 26.7. The van der Waals surface area contributed by atoms with Crippen molar-refractivity contribution in [3.63, 3.8) is 0 Å². The molecule has 26 heavy (non-hydrogen) atoms. The van der Waals surface area contributed by atoms with Gasteiger partial charge in [-0.05, 0) is 29.8 Å². The Hall–Kier alpha value is -1.93. The van der Waals surface area contributed by atoms with Crippen molar-refractivity contribution in [3.05, 3.63) is 65.7 Å². The van der Waals surface area contributed by atoms with Crippen LogP contribution < -0.4 is 5.73 Å². The molecule has 8 heteroatoms. The van der Waals surface area contributed by atoms with Crippen molar-refractivity contribution >= 4 is 28.3 Å². The first-order valence-corrected chi connectivity index (χ1v) is 9.60. The van der Waals surface area contributed by atoms with Gasteiger partial charge in [0.1, 0.15) is 0 Å². The molecule has 1 saturated heterocycles. The maximum absolute atomic E-state index is 12.6. The molecule has 0 bridgehead atoms. The highest BCUT2D eigenvalue weighted by atomic mass is 35.5. The lowest BCUT2D eigenvalue weighted by molar-refractivity contribution is 0.0698. The van der Waals surface area contributed by atoms with Crippen molar-refractivity contribution in [1.82, 2.24) is 9.21 Å². The van der Waals surface area contributed by atoms with Crippen LogP contribution in [0.5, 0.6) is 0 Å². The first-order chi connectivity index (χ1) is 12.0. The van der Waals surface area contributed by atoms with Gasteiger partial charge in [0.15, 0.2) is 0 Å². The number of hydrogen-bond acceptors (Lipinski definition) is 4. The number of hydrogen-bond donors (Lipinski definition) is 1. The summed E-state index contributed by atoms with van der Waals surface area (Å²) in [6.07, 6.45) is 0. The third kappa shape index (κ3) is 4.24. The summed E-state index contributed by atoms with van der Waals surface area (Å²) in [5.41, 5.74) is 7.13. The molecule has 3 rings (SSSR count). The molecule has 2 aromatic carbocycles. The Labute approximate surface area is 160 Å². The lowest BCUT2D eigenvalue weighted by atomic mass is 10.1. The number of piperazine rings is 1. The summed E-state index contributed by atoms with van der Waals surface area (Å²) in [6.45, 7) is 1.78. The Morgan fingerprint density at radius 3 is 2.04 bits per heavy atom. The molecule has 2 aromatic rings. The van der Waals surface area contributed by atoms with Crippen LogP contribution in [0.15, 0.2) is 59.5 Å². The third-order valence-electron chi connectivity index (χ3n) is 4.34. The Balaban J connectivity index is 0.00000243. The predicted molar refractivity (Wildman–Crippen MR) is 103 cm³/mol. The lowest BCUT2D eigenvalue weighted by Gasteiger charge is -2.34. The summed E-state index contributed by atoms with van der Waals surface area (Å²) in [4.78, 5) is 14.5. The van der Waals surface area contributed by atoms with Gasteiger partial charge in [-0.3, -0.25) is 4.79 Å². The van der Waals surface area contributed by atoms with E-state index in [1.165, 1.54) is 4.31 Å². The number of carbonyl (C=O) groups excluding carboxylic acids is 1. The first kappa shape index (κ1) is 20.4. The van der Waals surface area contributed by atoms with E-state index < -0.39 is 10.0 Å². The van der Waals surface area contributed by atoms with Crippen LogP contribution in [-0.2, 0) is 16.6 Å². The second kappa shape index (κ2) is 8.64. The zero-order valence-electron chi connectivity index (χ0n) is 14.2. The number of amides is 1. The summed E-state index contributed by atoms with van der Waals surface area (Å²) in [5, 5.41) is 0. The molecule has 0 aliphatic carbocycles. The summed E-state index contributed by atoms with van der Waals surface area (Å²) in [7, 11) is -3.50. The van der Waals surface area contributed by atoms with E-state index >= 15 is 0 Å². The van der Waals surface area contributed by atoms with Crippen molar-refractivity contribution < 1.29 is 13.2 Å². The fraction of sp³-hybridized carbons (Fsp3) is 0.278. The minimum atomic E-state index is -3.50. The zero-order chi connectivity index (χ0) is 17.9. The predicted octanol–water partition coefficient (Wildman–Crippen LogP) is 1.71. The molecule has 1 heterocycles. The molecule has 1 fully saturated rings. The fourth-order valence-electron chi connectivity index (χ4n) is 2.84. The molecule has 2 N–H and O–H groups in total. The van der Waals surface area contributed by atoms with Gasteiger partial charge in [-0.15, -0.1) is 12.4 Å². The molecule has 1 aliphatic heterocycles. The van der Waals surface area contributed by atoms with Crippen LogP contribution in [-0.4, -0.2) is 49.7 Å². The SMILES string of the molecule is Cl.NCc1ccc(C(=O)N2CCN(S(=O)(=O)c3ccccc3)CC2)cc1. The van der Waals surface area contributed by atoms with Crippen LogP contribution in [0.3, 0.4) is 0 Å². The number of benzene rings is 2. The van der Waals surface area contributed by atoms with Crippen molar-refractivity contribution in [3.8, 4) is 0 Å². The van der Waals surface area contributed by atoms with Gasteiger partial charge in [-0.25, -0.2) is 8.42 Å². The van der Waals surface area contributed by atoms with E-state index in [-0.39, 0.29) is 23.2 Å². The van der Waals surface area contributed by atoms with E-state index in [4.69, 9.17) is 5.73 Å². The standard InChI is InChI=1S/C18H21N3O3S.ClH/c19-14-15-6-8-16(9-7-15)18(22)20-10-12-21(13-11-20)25(23,24)17-4-2-1-3-5-17;/h1-9H,10-14,19H2;1H. The number of halogens is 1. The molecular formula is C18H22ClN3O3S. The molecule has 0 radical (unpaired) electrons. The Bertz CT molecular complexity index is 834. The molecule has 0 spiro atoms. The van der Waals surface area contributed by atoms with Crippen LogP contribution in [0.4, 0.5) is 0 Å². The number of carbonyl (C=O) groups is 1. The molecule has 6 nitrogen and oxygen atoms in total. The largest absolute Gasteiger partial charge is 0.336 e. The average molecular weight is 396 g/mol. The summed E-state index contributed by atoms with van der Waals surface area (Å²) in [5.74, 6) is -0.0830. The second-order valence-electron chi connectivity index (χ2n) is 5.91. The Morgan fingerprint density at radius 2 is 1.50 bits per heavy atom. The van der Waals surface area contributed by atoms with E-state index in [1.807, 2.05) is 12.1 Å². The van der Waals surface area contributed by atoms with Gasteiger partial charge in [-0.1, -0.05) is 30.3 Å². The molecule has 0 aromatic heterocycles. The van der Waals surface area contributed by atoms with Crippen LogP contribution >= 0.6 is 12.4 Å². The maximum atomic E-state index is 12.6. The van der Waals surface area contributed by atoms with E-state index in [1.54, 1.807) is 47.4 Å². The summed E-state index contributed by atoms with van der Waals surface area (Å²) >= 11 is 0. The number of rotatable bonds is 4. The summed E-state index contributed by atoms with van der Waals surface area (Å²) in [6, 6.07) is 15.6. The number of sulfonamides is 1. The van der Waals surface area contributed by atoms with Crippen molar-refractivity contribution in [2.24, 2.45) is 5.73 Å². The molecule has 1 aliphatic rings. The van der Waals surface area contributed by atoms with Crippen LogP contribution in [0.1, 0.15) is 15.9 Å². The number of nitrogens with zero attached hydrogens (tertiary/aromatic N) is 2. The molecule has 0 unspecified atom stereocenters. The molecule has 140 valence electrons. The van der Waals surface area contributed by atoms with Crippen molar-refractivity contribution in [2.45, 2.75) is 11.4 Å². The normalized spacial score (nSPS) is 15.3. The highest BCUT2D eigenvalue weighted by Gasteiger charge is 2.30. The molecule has 0 atom stereocenters. The van der Waals surface area contributed by atoms with Crippen molar-refractivity contribution in [2.75, 3.05) is 26.2 Å². The van der Waals surface area contributed by atoms with Gasteiger partial charge in [0, 0.05) is 38.3 Å². The first-order valence-electron chi connectivity index (χ1n) is 8.16. The number of nitrogens with two attached hydrogens (primary N) is 1. The smallest absolute Gasteiger partial charge is 0.253 e. The Kier molecular flexibility index (Phi) is 6.77. The van der Waals surface area contributed by atoms with Gasteiger partial charge in [0.05, 0.1) is 4.90 Å². The maximum Gasteiger partial charge on any atom is 0.253 e. The van der Waals surface area contributed by atoms with Crippen molar-refractivity contribution in [1.29, 1.82) is 0 Å². The highest BCUT2D eigenvalue weighted by molar-refractivity contribution is 7.89. The molecule has 1 amide bonds.